The zero-order valence-corrected chi connectivity index (χ0v) is 33.1. The summed E-state index contributed by atoms with van der Waals surface area (Å²) in [6, 6.07) is 0. The zero-order valence-electron chi connectivity index (χ0n) is 33.1. The largest absolute Gasteiger partial charge is 0.477 e. The van der Waals surface area contributed by atoms with Crippen LogP contribution < -0.4 is 0 Å². The normalized spacial score (nSPS) is 13.1. The van der Waals surface area contributed by atoms with Crippen LogP contribution in [0.4, 0.5) is 0 Å². The Hall–Kier alpha value is -1.97. The highest BCUT2D eigenvalue weighted by Crippen LogP contribution is 2.14. The summed E-state index contributed by atoms with van der Waals surface area (Å²) in [6.45, 7) is 4.84. The highest BCUT2D eigenvalue weighted by Gasteiger charge is 2.25. The fourth-order valence-corrected chi connectivity index (χ4v) is 5.53. The highest BCUT2D eigenvalue weighted by atomic mass is 16.7. The molecule has 9 nitrogen and oxygen atoms in total. The minimum absolute atomic E-state index is 0.180. The van der Waals surface area contributed by atoms with Crippen LogP contribution in [0.5, 0.6) is 0 Å². The van der Waals surface area contributed by atoms with Crippen molar-refractivity contribution in [3.63, 3.8) is 0 Å². The van der Waals surface area contributed by atoms with Crippen molar-refractivity contribution in [2.75, 3.05) is 47.5 Å². The number of likely N-dealkylation sites (N-methyl/N-ethyl adjacent to an activating group) is 1. The minimum atomic E-state index is -1.50. The van der Waals surface area contributed by atoms with Gasteiger partial charge in [-0.3, -0.25) is 9.59 Å². The summed E-state index contributed by atoms with van der Waals surface area (Å²) < 4.78 is 22.6. The van der Waals surface area contributed by atoms with E-state index in [9.17, 15) is 19.5 Å². The van der Waals surface area contributed by atoms with Gasteiger partial charge in [-0.15, -0.1) is 0 Å². The van der Waals surface area contributed by atoms with Crippen LogP contribution in [-0.2, 0) is 33.3 Å². The van der Waals surface area contributed by atoms with Gasteiger partial charge >= 0.3 is 17.9 Å². The minimum Gasteiger partial charge on any atom is -0.477 e. The van der Waals surface area contributed by atoms with Gasteiger partial charge in [-0.25, -0.2) is 4.79 Å². The van der Waals surface area contributed by atoms with E-state index in [1.807, 2.05) is 21.1 Å². The summed E-state index contributed by atoms with van der Waals surface area (Å²) >= 11 is 0. The monoisotopic (exact) mass is 713 g/mol. The third-order valence-corrected chi connectivity index (χ3v) is 8.77. The Labute approximate surface area is 306 Å². The van der Waals surface area contributed by atoms with Crippen LogP contribution in [-0.4, -0.2) is 87.4 Å². The van der Waals surface area contributed by atoms with Crippen LogP contribution in [0.25, 0.3) is 0 Å². The number of carboxylic acids is 1. The molecular formula is C41H78NO8+. The maximum atomic E-state index is 12.7. The third kappa shape index (κ3) is 34.5. The molecule has 0 saturated carbocycles. The number of esters is 2. The van der Waals surface area contributed by atoms with Crippen molar-refractivity contribution < 1.29 is 42.9 Å². The summed E-state index contributed by atoms with van der Waals surface area (Å²) in [5.74, 6) is -2.01. The van der Waals surface area contributed by atoms with Gasteiger partial charge in [0.2, 0.25) is 0 Å². The van der Waals surface area contributed by atoms with Gasteiger partial charge in [0.25, 0.3) is 6.29 Å². The second-order valence-electron chi connectivity index (χ2n) is 14.9. The van der Waals surface area contributed by atoms with Crippen LogP contribution in [0, 0.1) is 0 Å². The molecule has 2 unspecified atom stereocenters. The lowest BCUT2D eigenvalue weighted by molar-refractivity contribution is -0.870. The number of carboxylic acid groups (broad SMARTS) is 1. The van der Waals surface area contributed by atoms with E-state index in [4.69, 9.17) is 18.9 Å². The molecule has 50 heavy (non-hydrogen) atoms. The number of nitrogens with zero attached hydrogens (tertiary/aromatic N) is 1. The molecule has 294 valence electrons. The van der Waals surface area contributed by atoms with Gasteiger partial charge < -0.3 is 28.5 Å². The van der Waals surface area contributed by atoms with Gasteiger partial charge in [0, 0.05) is 12.8 Å². The lowest BCUT2D eigenvalue weighted by atomic mass is 10.1. The number of unbranched alkanes of at least 4 members (excludes halogenated alkanes) is 20. The van der Waals surface area contributed by atoms with E-state index >= 15 is 0 Å². The van der Waals surface area contributed by atoms with E-state index < -0.39 is 24.3 Å². The van der Waals surface area contributed by atoms with E-state index in [0.29, 0.717) is 23.9 Å². The van der Waals surface area contributed by atoms with Crippen molar-refractivity contribution >= 4 is 17.9 Å². The Morgan fingerprint density at radius 2 is 1.02 bits per heavy atom. The Kier molecular flexibility index (Phi) is 32.8. The van der Waals surface area contributed by atoms with Crippen molar-refractivity contribution in [3.8, 4) is 0 Å². The molecule has 0 rings (SSSR count). The Morgan fingerprint density at radius 3 is 1.48 bits per heavy atom. The predicted octanol–water partition coefficient (Wildman–Crippen LogP) is 9.94. The van der Waals surface area contributed by atoms with Crippen molar-refractivity contribution in [3.05, 3.63) is 12.2 Å². The molecule has 2 atom stereocenters. The molecule has 0 saturated heterocycles. The predicted molar refractivity (Wildman–Crippen MR) is 203 cm³/mol. The van der Waals surface area contributed by atoms with Gasteiger partial charge in [0.05, 0.1) is 34.4 Å². The molecule has 0 amide bonds. The summed E-state index contributed by atoms with van der Waals surface area (Å²) in [5.41, 5.74) is 0. The van der Waals surface area contributed by atoms with Crippen molar-refractivity contribution in [1.29, 1.82) is 0 Å². The first-order valence-electron chi connectivity index (χ1n) is 20.4. The Bertz CT molecular complexity index is 841. The number of aliphatic carboxylic acids is 1. The number of carbonyl (C=O) groups is 3. The molecule has 0 fully saturated rings. The number of rotatable bonds is 37. The van der Waals surface area contributed by atoms with E-state index in [1.54, 1.807) is 0 Å². The summed E-state index contributed by atoms with van der Waals surface area (Å²) in [4.78, 5) is 36.9. The fraction of sp³-hybridized carbons (Fsp3) is 0.878. The van der Waals surface area contributed by atoms with Crippen LogP contribution in [0.3, 0.4) is 0 Å². The molecule has 0 aliphatic rings. The molecule has 0 radical (unpaired) electrons. The standard InChI is InChI=1S/C41H77NO8/c1-6-8-10-12-14-16-18-19-20-22-24-26-28-30-32-39(44)50-37(36-49-41(40(45)46)47-34-33-42(3,4)5)35-48-38(43)31-29-27-25-23-21-17-15-13-11-9-7-2/h18-19,37,41H,6-17,20-36H2,1-5H3/p+1/b19-18-. The molecule has 0 aliphatic heterocycles. The van der Waals surface area contributed by atoms with Gasteiger partial charge in [0.15, 0.2) is 6.10 Å². The maximum absolute atomic E-state index is 12.7. The molecule has 0 heterocycles. The van der Waals surface area contributed by atoms with E-state index in [2.05, 4.69) is 26.0 Å². The van der Waals surface area contributed by atoms with Crippen molar-refractivity contribution in [1.82, 2.24) is 0 Å². The second kappa shape index (κ2) is 34.1. The van der Waals surface area contributed by atoms with Gasteiger partial charge in [-0.1, -0.05) is 135 Å². The molecule has 0 aliphatic carbocycles. The van der Waals surface area contributed by atoms with Gasteiger partial charge in [0.1, 0.15) is 13.2 Å². The van der Waals surface area contributed by atoms with Gasteiger partial charge in [-0.2, -0.15) is 0 Å². The quantitative estimate of drug-likeness (QED) is 0.0223. The Morgan fingerprint density at radius 1 is 0.580 bits per heavy atom. The number of hydrogen-bond acceptors (Lipinski definition) is 7. The van der Waals surface area contributed by atoms with E-state index in [0.717, 1.165) is 51.4 Å². The summed E-state index contributed by atoms with van der Waals surface area (Å²) in [7, 11) is 5.95. The average Bonchev–Trinajstić information content (AvgIpc) is 3.06. The molecule has 0 aromatic heterocycles. The molecule has 0 aromatic rings. The number of ether oxygens (including phenoxy) is 4. The second-order valence-corrected chi connectivity index (χ2v) is 14.9. The molecule has 1 N–H and O–H groups in total. The fourth-order valence-electron chi connectivity index (χ4n) is 5.53. The number of hydrogen-bond donors (Lipinski definition) is 1. The van der Waals surface area contributed by atoms with Gasteiger partial charge in [-0.05, 0) is 38.5 Å². The van der Waals surface area contributed by atoms with Crippen LogP contribution >= 0.6 is 0 Å². The lowest BCUT2D eigenvalue weighted by Gasteiger charge is -2.25. The van der Waals surface area contributed by atoms with E-state index in [1.165, 1.54) is 89.9 Å². The molecule has 9 heteroatoms. The topological polar surface area (TPSA) is 108 Å². The Balaban J connectivity index is 4.51. The molecular weight excluding hydrogens is 634 g/mol. The zero-order chi connectivity index (χ0) is 37.1. The first kappa shape index (κ1) is 48.0. The lowest BCUT2D eigenvalue weighted by Crippen LogP contribution is -2.40. The van der Waals surface area contributed by atoms with Crippen LogP contribution in [0.1, 0.15) is 174 Å². The summed E-state index contributed by atoms with van der Waals surface area (Å²) in [6.07, 6.45) is 29.8. The first-order valence-corrected chi connectivity index (χ1v) is 20.4. The maximum Gasteiger partial charge on any atom is 0.361 e. The molecule has 0 spiro atoms. The molecule has 0 aromatic carbocycles. The van der Waals surface area contributed by atoms with E-state index in [-0.39, 0.29) is 32.2 Å². The number of quaternary nitrogens is 1. The van der Waals surface area contributed by atoms with Crippen LogP contribution in [0.15, 0.2) is 12.2 Å². The third-order valence-electron chi connectivity index (χ3n) is 8.77. The summed E-state index contributed by atoms with van der Waals surface area (Å²) in [5, 5.41) is 9.59. The smallest absolute Gasteiger partial charge is 0.361 e. The SMILES string of the molecule is CCCCCCC/C=C\CCCCCCCC(=O)OC(COC(=O)CCCCCCCCCCCCC)COC(OCC[N+](C)(C)C)C(=O)O. The van der Waals surface area contributed by atoms with Crippen LogP contribution in [0.2, 0.25) is 0 Å². The number of allylic oxidation sites excluding steroid dienone is 2. The number of carbonyl (C=O) groups excluding carboxylic acids is 2. The first-order chi connectivity index (χ1) is 24.1. The molecule has 0 bridgehead atoms. The highest BCUT2D eigenvalue weighted by molar-refractivity contribution is 5.71. The van der Waals surface area contributed by atoms with Crippen molar-refractivity contribution in [2.45, 2.75) is 187 Å². The van der Waals surface area contributed by atoms with Crippen molar-refractivity contribution in [2.24, 2.45) is 0 Å². The average molecular weight is 713 g/mol.